The van der Waals surface area contributed by atoms with Crippen LogP contribution in [0.3, 0.4) is 0 Å². The quantitative estimate of drug-likeness (QED) is 0.436. The van der Waals surface area contributed by atoms with Crippen molar-refractivity contribution in [1.29, 1.82) is 0 Å². The summed E-state index contributed by atoms with van der Waals surface area (Å²) in [6.45, 7) is 1.22. The SMILES string of the molecule is CN(Cc1nc2ccccc2c(=O)[nH]1)C(=O)CN1C(=O)N[C@](C)(c2ccc3ccccc3c2)C1=O. The topological polar surface area (TPSA) is 115 Å². The lowest BCUT2D eigenvalue weighted by Crippen LogP contribution is -2.43. The van der Waals surface area contributed by atoms with Gasteiger partial charge in [0.1, 0.15) is 17.9 Å². The largest absolute Gasteiger partial charge is 0.337 e. The number of hydrogen-bond acceptors (Lipinski definition) is 5. The number of aromatic nitrogens is 2. The van der Waals surface area contributed by atoms with Crippen LogP contribution in [0.15, 0.2) is 71.5 Å². The van der Waals surface area contributed by atoms with Gasteiger partial charge in [-0.25, -0.2) is 9.78 Å². The minimum absolute atomic E-state index is 0.0184. The second-order valence-corrected chi connectivity index (χ2v) is 8.79. The van der Waals surface area contributed by atoms with Gasteiger partial charge in [-0.05, 0) is 41.5 Å². The van der Waals surface area contributed by atoms with Gasteiger partial charge in [0.15, 0.2) is 0 Å². The number of urea groups is 1. The van der Waals surface area contributed by atoms with Crippen LogP contribution < -0.4 is 10.9 Å². The molecule has 1 aromatic heterocycles. The highest BCUT2D eigenvalue weighted by atomic mass is 16.2. The predicted molar refractivity (Wildman–Crippen MR) is 130 cm³/mol. The zero-order valence-corrected chi connectivity index (χ0v) is 19.2. The molecule has 1 aliphatic heterocycles. The number of hydrogen-bond donors (Lipinski definition) is 2. The Bertz CT molecular complexity index is 1560. The van der Waals surface area contributed by atoms with Gasteiger partial charge in [-0.15, -0.1) is 0 Å². The molecule has 2 N–H and O–H groups in total. The molecule has 0 saturated carbocycles. The van der Waals surface area contributed by atoms with Crippen LogP contribution in [-0.4, -0.2) is 51.2 Å². The first-order valence-electron chi connectivity index (χ1n) is 11.1. The number of amides is 4. The highest BCUT2D eigenvalue weighted by molar-refractivity contribution is 6.09. The van der Waals surface area contributed by atoms with Crippen LogP contribution in [-0.2, 0) is 21.7 Å². The van der Waals surface area contributed by atoms with Crippen LogP contribution in [0.25, 0.3) is 21.7 Å². The molecule has 1 saturated heterocycles. The number of nitrogens with zero attached hydrogens (tertiary/aromatic N) is 3. The van der Waals surface area contributed by atoms with Crippen molar-refractivity contribution >= 4 is 39.5 Å². The summed E-state index contributed by atoms with van der Waals surface area (Å²) < 4.78 is 0. The first-order valence-corrected chi connectivity index (χ1v) is 11.1. The van der Waals surface area contributed by atoms with E-state index in [4.69, 9.17) is 0 Å². The fraction of sp³-hybridized carbons (Fsp3) is 0.192. The molecule has 5 rings (SSSR count). The minimum Gasteiger partial charge on any atom is -0.337 e. The Balaban J connectivity index is 1.33. The van der Waals surface area contributed by atoms with E-state index in [1.165, 1.54) is 11.9 Å². The van der Waals surface area contributed by atoms with Gasteiger partial charge in [0.2, 0.25) is 5.91 Å². The Morgan fingerprint density at radius 1 is 1.00 bits per heavy atom. The lowest BCUT2D eigenvalue weighted by Gasteiger charge is -2.23. The van der Waals surface area contributed by atoms with Gasteiger partial charge >= 0.3 is 6.03 Å². The third-order valence-corrected chi connectivity index (χ3v) is 6.37. The summed E-state index contributed by atoms with van der Waals surface area (Å²) in [7, 11) is 1.53. The van der Waals surface area contributed by atoms with Crippen molar-refractivity contribution in [3.63, 3.8) is 0 Å². The smallest absolute Gasteiger partial charge is 0.325 e. The molecule has 0 bridgehead atoms. The molecule has 0 radical (unpaired) electrons. The lowest BCUT2D eigenvalue weighted by molar-refractivity contribution is -0.138. The number of imide groups is 1. The van der Waals surface area contributed by atoms with Gasteiger partial charge in [0.05, 0.1) is 17.4 Å². The summed E-state index contributed by atoms with van der Waals surface area (Å²) in [6, 6.07) is 19.6. The molecule has 35 heavy (non-hydrogen) atoms. The lowest BCUT2D eigenvalue weighted by atomic mass is 9.90. The number of likely N-dealkylation sites (N-methyl/N-ethyl adjacent to an activating group) is 1. The van der Waals surface area contributed by atoms with E-state index in [0.29, 0.717) is 22.3 Å². The van der Waals surface area contributed by atoms with Gasteiger partial charge in [0.25, 0.3) is 11.5 Å². The van der Waals surface area contributed by atoms with Gasteiger partial charge in [-0.3, -0.25) is 19.3 Å². The van der Waals surface area contributed by atoms with Crippen molar-refractivity contribution in [2.45, 2.75) is 19.0 Å². The Morgan fingerprint density at radius 3 is 2.51 bits per heavy atom. The van der Waals surface area contributed by atoms with E-state index in [0.717, 1.165) is 15.7 Å². The molecule has 4 aromatic rings. The van der Waals surface area contributed by atoms with Crippen molar-refractivity contribution in [3.8, 4) is 0 Å². The van der Waals surface area contributed by atoms with Crippen LogP contribution in [0.5, 0.6) is 0 Å². The second-order valence-electron chi connectivity index (χ2n) is 8.79. The summed E-state index contributed by atoms with van der Waals surface area (Å²) in [5.41, 5.74) is -0.430. The van der Waals surface area contributed by atoms with E-state index in [1.807, 2.05) is 36.4 Å². The molecule has 0 spiro atoms. The van der Waals surface area contributed by atoms with E-state index in [1.54, 1.807) is 37.3 Å². The summed E-state index contributed by atoms with van der Waals surface area (Å²) in [5, 5.41) is 5.16. The number of carbonyl (C=O) groups excluding carboxylic acids is 3. The Hall–Kier alpha value is -4.53. The molecule has 2 heterocycles. The zero-order chi connectivity index (χ0) is 24.7. The van der Waals surface area contributed by atoms with Crippen molar-refractivity contribution in [2.75, 3.05) is 13.6 Å². The maximum absolute atomic E-state index is 13.3. The maximum Gasteiger partial charge on any atom is 0.325 e. The molecular weight excluding hydrogens is 446 g/mol. The Labute approximate surface area is 200 Å². The van der Waals surface area contributed by atoms with Gasteiger partial charge in [-0.1, -0.05) is 48.5 Å². The van der Waals surface area contributed by atoms with E-state index < -0.39 is 29.9 Å². The molecule has 4 amide bonds. The first kappa shape index (κ1) is 22.3. The van der Waals surface area contributed by atoms with Crippen LogP contribution in [0.4, 0.5) is 4.79 Å². The molecule has 176 valence electrons. The fourth-order valence-electron chi connectivity index (χ4n) is 4.32. The van der Waals surface area contributed by atoms with Crippen LogP contribution in [0, 0.1) is 0 Å². The van der Waals surface area contributed by atoms with Crippen molar-refractivity contribution in [2.24, 2.45) is 0 Å². The third-order valence-electron chi connectivity index (χ3n) is 6.37. The van der Waals surface area contributed by atoms with E-state index in [-0.39, 0.29) is 12.1 Å². The second kappa shape index (κ2) is 8.35. The number of aromatic amines is 1. The van der Waals surface area contributed by atoms with Crippen molar-refractivity contribution < 1.29 is 14.4 Å². The van der Waals surface area contributed by atoms with Gasteiger partial charge in [0, 0.05) is 7.05 Å². The van der Waals surface area contributed by atoms with Gasteiger partial charge in [-0.2, -0.15) is 0 Å². The number of carbonyl (C=O) groups is 3. The highest BCUT2D eigenvalue weighted by Crippen LogP contribution is 2.31. The predicted octanol–water partition coefficient (Wildman–Crippen LogP) is 2.50. The minimum atomic E-state index is -1.29. The first-order chi connectivity index (χ1) is 16.8. The summed E-state index contributed by atoms with van der Waals surface area (Å²) in [6.07, 6.45) is 0. The molecule has 9 heteroatoms. The number of H-pyrrole nitrogens is 1. The maximum atomic E-state index is 13.3. The van der Waals surface area contributed by atoms with Crippen molar-refractivity contribution in [3.05, 3.63) is 88.5 Å². The van der Waals surface area contributed by atoms with Crippen molar-refractivity contribution in [1.82, 2.24) is 25.1 Å². The average Bonchev–Trinajstić information content (AvgIpc) is 3.07. The molecule has 0 aliphatic carbocycles. The summed E-state index contributed by atoms with van der Waals surface area (Å²) >= 11 is 0. The molecule has 1 fully saturated rings. The Morgan fingerprint density at radius 2 is 1.71 bits per heavy atom. The standard InChI is InChI=1S/C26H23N5O4/c1-26(18-12-11-16-7-3-4-8-17(16)13-18)24(34)31(25(35)29-26)15-22(32)30(2)14-21-27-20-10-6-5-9-19(20)23(33)28-21/h3-13H,14-15H2,1-2H3,(H,29,35)(H,27,28,33)/t26-/m1/s1. The van der Waals surface area contributed by atoms with Crippen LogP contribution >= 0.6 is 0 Å². The summed E-state index contributed by atoms with van der Waals surface area (Å²) in [5.74, 6) is -0.661. The average molecular weight is 470 g/mol. The molecule has 1 aliphatic rings. The van der Waals surface area contributed by atoms with Crippen LogP contribution in [0.2, 0.25) is 0 Å². The molecule has 3 aromatic carbocycles. The van der Waals surface area contributed by atoms with E-state index in [2.05, 4.69) is 15.3 Å². The summed E-state index contributed by atoms with van der Waals surface area (Å²) in [4.78, 5) is 60.5. The van der Waals surface area contributed by atoms with E-state index >= 15 is 0 Å². The molecule has 1 atom stereocenters. The third kappa shape index (κ3) is 3.90. The normalized spacial score (nSPS) is 17.7. The fourth-order valence-corrected chi connectivity index (χ4v) is 4.32. The number of benzene rings is 3. The monoisotopic (exact) mass is 469 g/mol. The molecular formula is C26H23N5O4. The molecule has 9 nitrogen and oxygen atoms in total. The van der Waals surface area contributed by atoms with Crippen LogP contribution in [0.1, 0.15) is 18.3 Å². The number of fused-ring (bicyclic) bond motifs is 2. The zero-order valence-electron chi connectivity index (χ0n) is 19.2. The van der Waals surface area contributed by atoms with Gasteiger partial charge < -0.3 is 15.2 Å². The number of rotatable bonds is 5. The Kier molecular flexibility index (Phi) is 5.32. The number of para-hydroxylation sites is 1. The number of nitrogens with one attached hydrogen (secondary N) is 2. The highest BCUT2D eigenvalue weighted by Gasteiger charge is 2.49. The van der Waals surface area contributed by atoms with E-state index in [9.17, 15) is 19.2 Å². The molecule has 0 unspecified atom stereocenters.